The highest BCUT2D eigenvalue weighted by Gasteiger charge is 2.37. The predicted molar refractivity (Wildman–Crippen MR) is 117 cm³/mol. The minimum atomic E-state index is -4.58. The van der Waals surface area contributed by atoms with Gasteiger partial charge in [0.1, 0.15) is 11.6 Å². The number of amides is 2. The monoisotopic (exact) mass is 469 g/mol. The van der Waals surface area contributed by atoms with Crippen molar-refractivity contribution in [2.24, 2.45) is 5.92 Å². The van der Waals surface area contributed by atoms with E-state index >= 15 is 0 Å². The molecule has 10 heteroatoms. The molecule has 2 N–H and O–H groups in total. The van der Waals surface area contributed by atoms with Crippen LogP contribution in [0.15, 0.2) is 18.2 Å². The molecule has 7 nitrogen and oxygen atoms in total. The fourth-order valence-electron chi connectivity index (χ4n) is 4.16. The second-order valence-corrected chi connectivity index (χ2v) is 9.60. The average Bonchev–Trinajstić information content (AvgIpc) is 2.68. The van der Waals surface area contributed by atoms with E-state index in [1.54, 1.807) is 25.7 Å². The molecule has 2 amide bonds. The molecular formula is C23H30F3N3O4. The Morgan fingerprint density at radius 3 is 2.39 bits per heavy atom. The van der Waals surface area contributed by atoms with Crippen LogP contribution in [0.1, 0.15) is 58.4 Å². The maximum Gasteiger partial charge on any atom is 0.418 e. The van der Waals surface area contributed by atoms with Gasteiger partial charge in [0, 0.05) is 37.3 Å². The molecule has 1 unspecified atom stereocenters. The number of alkyl halides is 3. The van der Waals surface area contributed by atoms with Crippen molar-refractivity contribution in [3.8, 4) is 0 Å². The Labute approximate surface area is 191 Å². The number of nitrogens with zero attached hydrogens (tertiary/aromatic N) is 1. The summed E-state index contributed by atoms with van der Waals surface area (Å²) in [7, 11) is 0. The second-order valence-electron chi connectivity index (χ2n) is 9.60. The van der Waals surface area contributed by atoms with Gasteiger partial charge >= 0.3 is 12.1 Å². The first-order valence-corrected chi connectivity index (χ1v) is 11.1. The summed E-state index contributed by atoms with van der Waals surface area (Å²) >= 11 is 0. The van der Waals surface area contributed by atoms with E-state index < -0.39 is 29.3 Å². The molecule has 2 heterocycles. The van der Waals surface area contributed by atoms with Crippen molar-refractivity contribution in [2.75, 3.05) is 23.3 Å². The number of ether oxygens (including phenoxy) is 1. The number of carbonyl (C=O) groups is 3. The van der Waals surface area contributed by atoms with E-state index in [4.69, 9.17) is 4.74 Å². The van der Waals surface area contributed by atoms with Crippen molar-refractivity contribution in [3.63, 3.8) is 0 Å². The summed E-state index contributed by atoms with van der Waals surface area (Å²) in [5.41, 5.74) is -1.11. The Morgan fingerprint density at radius 1 is 1.15 bits per heavy atom. The molecule has 0 radical (unpaired) electrons. The largest absolute Gasteiger partial charge is 0.460 e. The third-order valence-electron chi connectivity index (χ3n) is 5.71. The van der Waals surface area contributed by atoms with Gasteiger partial charge in [0.25, 0.3) is 0 Å². The maximum absolute atomic E-state index is 13.9. The van der Waals surface area contributed by atoms with E-state index in [0.29, 0.717) is 25.9 Å². The number of nitrogens with one attached hydrogen (secondary N) is 2. The summed E-state index contributed by atoms with van der Waals surface area (Å²) in [6.07, 6.45) is -2.79. The van der Waals surface area contributed by atoms with E-state index in [2.05, 4.69) is 10.6 Å². The van der Waals surface area contributed by atoms with Gasteiger partial charge in [-0.2, -0.15) is 13.2 Å². The number of anilines is 2. The number of imide groups is 1. The zero-order valence-electron chi connectivity index (χ0n) is 19.1. The van der Waals surface area contributed by atoms with Gasteiger partial charge in [-0.15, -0.1) is 0 Å². The lowest BCUT2D eigenvalue weighted by Crippen LogP contribution is -2.47. The van der Waals surface area contributed by atoms with Crippen LogP contribution in [0.3, 0.4) is 0 Å². The third-order valence-corrected chi connectivity index (χ3v) is 5.71. The quantitative estimate of drug-likeness (QED) is 0.503. The fourth-order valence-corrected chi connectivity index (χ4v) is 4.16. The van der Waals surface area contributed by atoms with Crippen LogP contribution in [-0.2, 0) is 25.3 Å². The number of piperidine rings is 2. The molecule has 2 fully saturated rings. The smallest absolute Gasteiger partial charge is 0.418 e. The van der Waals surface area contributed by atoms with Gasteiger partial charge in [-0.05, 0) is 64.2 Å². The molecule has 0 saturated carbocycles. The van der Waals surface area contributed by atoms with E-state index in [0.717, 1.165) is 6.07 Å². The van der Waals surface area contributed by atoms with Gasteiger partial charge in [0.2, 0.25) is 11.8 Å². The van der Waals surface area contributed by atoms with Crippen molar-refractivity contribution in [2.45, 2.75) is 70.7 Å². The summed E-state index contributed by atoms with van der Waals surface area (Å²) in [5, 5.41) is 4.99. The van der Waals surface area contributed by atoms with Gasteiger partial charge in [-0.25, -0.2) is 0 Å². The molecule has 0 bridgehead atoms. The lowest BCUT2D eigenvalue weighted by atomic mass is 9.92. The van der Waals surface area contributed by atoms with Gasteiger partial charge < -0.3 is 15.0 Å². The van der Waals surface area contributed by atoms with Crippen LogP contribution in [0.2, 0.25) is 0 Å². The summed E-state index contributed by atoms with van der Waals surface area (Å²) in [5.74, 6) is -1.16. The number of rotatable bonds is 5. The van der Waals surface area contributed by atoms with Crippen LogP contribution in [0, 0.1) is 5.92 Å². The first-order valence-electron chi connectivity index (χ1n) is 11.1. The second kappa shape index (κ2) is 9.61. The maximum atomic E-state index is 13.9. The van der Waals surface area contributed by atoms with Crippen LogP contribution >= 0.6 is 0 Å². The molecule has 3 rings (SSSR count). The van der Waals surface area contributed by atoms with Crippen molar-refractivity contribution in [1.29, 1.82) is 0 Å². The first kappa shape index (κ1) is 24.9. The molecule has 0 spiro atoms. The van der Waals surface area contributed by atoms with Gasteiger partial charge in [0.15, 0.2) is 0 Å². The normalized spacial score (nSPS) is 20.4. The molecule has 33 heavy (non-hydrogen) atoms. The summed E-state index contributed by atoms with van der Waals surface area (Å²) < 4.78 is 46.9. The summed E-state index contributed by atoms with van der Waals surface area (Å²) in [6, 6.07) is 3.16. The first-order chi connectivity index (χ1) is 15.3. The van der Waals surface area contributed by atoms with E-state index in [1.807, 2.05) is 0 Å². The summed E-state index contributed by atoms with van der Waals surface area (Å²) in [6.45, 7) is 6.19. The van der Waals surface area contributed by atoms with Crippen LogP contribution < -0.4 is 15.5 Å². The molecule has 0 aromatic heterocycles. The van der Waals surface area contributed by atoms with E-state index in [1.165, 1.54) is 12.1 Å². The SMILES string of the molecule is CC(C)(C)OC(=O)CC1CCN(c2ccc(NC3CCC(=O)NC3=O)cc2C(F)(F)F)CC1. The number of carbonyl (C=O) groups excluding carboxylic acids is 3. The minimum absolute atomic E-state index is 0.0684. The predicted octanol–water partition coefficient (Wildman–Crippen LogP) is 3.87. The number of benzene rings is 1. The highest BCUT2D eigenvalue weighted by molar-refractivity contribution is 6.01. The molecule has 1 aromatic carbocycles. The number of esters is 1. The molecule has 1 atom stereocenters. The minimum Gasteiger partial charge on any atom is -0.460 e. The van der Waals surface area contributed by atoms with Crippen molar-refractivity contribution in [1.82, 2.24) is 5.32 Å². The lowest BCUT2D eigenvalue weighted by molar-refractivity contribution is -0.156. The van der Waals surface area contributed by atoms with E-state index in [9.17, 15) is 27.6 Å². The van der Waals surface area contributed by atoms with Crippen molar-refractivity contribution < 1.29 is 32.3 Å². The Morgan fingerprint density at radius 2 is 1.82 bits per heavy atom. The zero-order valence-corrected chi connectivity index (χ0v) is 19.1. The number of hydrogen-bond acceptors (Lipinski definition) is 6. The van der Waals surface area contributed by atoms with Crippen molar-refractivity contribution in [3.05, 3.63) is 23.8 Å². The van der Waals surface area contributed by atoms with Gasteiger partial charge in [-0.3, -0.25) is 19.7 Å². The van der Waals surface area contributed by atoms with Gasteiger partial charge in [-0.1, -0.05) is 0 Å². The molecule has 2 aliphatic heterocycles. The number of halogens is 3. The van der Waals surface area contributed by atoms with Crippen LogP contribution in [0.4, 0.5) is 24.5 Å². The van der Waals surface area contributed by atoms with Crippen molar-refractivity contribution >= 4 is 29.2 Å². The molecule has 0 aliphatic carbocycles. The summed E-state index contributed by atoms with van der Waals surface area (Å²) in [4.78, 5) is 37.0. The standard InChI is InChI=1S/C23H30F3N3O4/c1-22(2,3)33-20(31)12-14-8-10-29(11-9-14)18-6-4-15(13-16(18)23(24,25)26)27-17-5-7-19(30)28-21(17)32/h4,6,13-14,17,27H,5,7-12H2,1-3H3,(H,28,30,32). The number of hydrogen-bond donors (Lipinski definition) is 2. The molecule has 182 valence electrons. The molecule has 1 aromatic rings. The fraction of sp³-hybridized carbons (Fsp3) is 0.609. The highest BCUT2D eigenvalue weighted by Crippen LogP contribution is 2.40. The Hall–Kier alpha value is -2.78. The lowest BCUT2D eigenvalue weighted by Gasteiger charge is -2.35. The Bertz CT molecular complexity index is 903. The van der Waals surface area contributed by atoms with Crippen LogP contribution in [0.5, 0.6) is 0 Å². The average molecular weight is 470 g/mol. The topological polar surface area (TPSA) is 87.7 Å². The third kappa shape index (κ3) is 6.85. The molecule has 2 saturated heterocycles. The molecular weight excluding hydrogens is 439 g/mol. The van der Waals surface area contributed by atoms with E-state index in [-0.39, 0.29) is 48.4 Å². The molecule has 2 aliphatic rings. The zero-order chi connectivity index (χ0) is 24.4. The van der Waals surface area contributed by atoms with Crippen LogP contribution in [0.25, 0.3) is 0 Å². The van der Waals surface area contributed by atoms with Gasteiger partial charge in [0.05, 0.1) is 5.56 Å². The Kier molecular flexibility index (Phi) is 7.23. The highest BCUT2D eigenvalue weighted by atomic mass is 19.4. The Balaban J connectivity index is 1.67. The van der Waals surface area contributed by atoms with Crippen LogP contribution in [-0.4, -0.2) is 42.5 Å².